The van der Waals surface area contributed by atoms with Gasteiger partial charge in [0.1, 0.15) is 5.69 Å². The van der Waals surface area contributed by atoms with Crippen molar-refractivity contribution in [1.29, 1.82) is 0 Å². The van der Waals surface area contributed by atoms with Crippen LogP contribution >= 0.6 is 0 Å². The molecule has 0 saturated heterocycles. The lowest BCUT2D eigenvalue weighted by Crippen LogP contribution is -2.25. The van der Waals surface area contributed by atoms with Crippen molar-refractivity contribution >= 4 is 28.9 Å². The molecule has 1 aliphatic rings. The van der Waals surface area contributed by atoms with Gasteiger partial charge in [0.2, 0.25) is 0 Å². The molecular weight excluding hydrogens is 352 g/mol. The molecule has 0 unspecified atom stereocenters. The van der Waals surface area contributed by atoms with Gasteiger partial charge in [-0.05, 0) is 43.5 Å². The minimum Gasteiger partial charge on any atom is -0.325 e. The highest BCUT2D eigenvalue weighted by Crippen LogP contribution is 2.31. The number of carbonyl (C=O) groups excluding carboxylic acids is 2. The number of anilines is 3. The van der Waals surface area contributed by atoms with Crippen molar-refractivity contribution in [2.24, 2.45) is 0 Å². The molecule has 0 bridgehead atoms. The number of rotatable bonds is 4. The van der Waals surface area contributed by atoms with E-state index < -0.39 is 0 Å². The van der Waals surface area contributed by atoms with Crippen LogP contribution in [0.4, 0.5) is 17.2 Å². The summed E-state index contributed by atoms with van der Waals surface area (Å²) in [5, 5.41) is 2.76. The van der Waals surface area contributed by atoms with Crippen molar-refractivity contribution < 1.29 is 9.59 Å². The van der Waals surface area contributed by atoms with Crippen molar-refractivity contribution in [3.8, 4) is 0 Å². The smallest absolute Gasteiger partial charge is 0.275 e. The maximum absolute atomic E-state index is 12.5. The summed E-state index contributed by atoms with van der Waals surface area (Å²) in [5.74, 6) is 0.308. The number of aryl methyl sites for hydroxylation is 1. The molecule has 0 fully saturated rings. The van der Waals surface area contributed by atoms with Crippen molar-refractivity contribution in [3.05, 3.63) is 77.7 Å². The average Bonchev–Trinajstić information content (AvgIpc) is 2.73. The Balaban J connectivity index is 1.52. The average molecular weight is 372 g/mol. The molecule has 1 aliphatic heterocycles. The Morgan fingerprint density at radius 1 is 1.04 bits per heavy atom. The zero-order valence-electron chi connectivity index (χ0n) is 15.6. The summed E-state index contributed by atoms with van der Waals surface area (Å²) >= 11 is 0. The number of nitrogens with zero attached hydrogens (tertiary/aromatic N) is 3. The molecular formula is C22H20N4O2. The topological polar surface area (TPSA) is 75.2 Å². The molecule has 0 atom stereocenters. The fraction of sp³-hybridized carbons (Fsp3) is 0.182. The van der Waals surface area contributed by atoms with E-state index in [0.717, 1.165) is 30.9 Å². The quantitative estimate of drug-likeness (QED) is 0.700. The highest BCUT2D eigenvalue weighted by Gasteiger charge is 2.19. The van der Waals surface area contributed by atoms with Crippen LogP contribution in [0.3, 0.4) is 0 Å². The number of nitrogens with one attached hydrogen (secondary N) is 1. The van der Waals surface area contributed by atoms with Gasteiger partial charge in [-0.1, -0.05) is 30.3 Å². The van der Waals surface area contributed by atoms with E-state index in [-0.39, 0.29) is 17.4 Å². The summed E-state index contributed by atoms with van der Waals surface area (Å²) in [6, 6.07) is 15.1. The standard InChI is InChI=1S/C22H20N4O2/c1-15(27)17-7-4-9-18(12-17)25-22(28)19-13-24-21(14-23-19)26-11-5-8-16-6-2-3-10-20(16)26/h2-4,6-7,9-10,12-14H,5,8,11H2,1H3,(H,25,28). The molecule has 0 saturated carbocycles. The molecule has 1 amide bonds. The highest BCUT2D eigenvalue weighted by atomic mass is 16.2. The van der Waals surface area contributed by atoms with Gasteiger partial charge in [-0.15, -0.1) is 0 Å². The van der Waals surface area contributed by atoms with Crippen LogP contribution in [0.2, 0.25) is 0 Å². The molecule has 28 heavy (non-hydrogen) atoms. The van der Waals surface area contributed by atoms with E-state index in [1.807, 2.05) is 12.1 Å². The van der Waals surface area contributed by atoms with Crippen molar-refractivity contribution in [2.45, 2.75) is 19.8 Å². The molecule has 0 aliphatic carbocycles. The predicted octanol–water partition coefficient (Wildman–Crippen LogP) is 4.02. The second-order valence-electron chi connectivity index (χ2n) is 6.73. The van der Waals surface area contributed by atoms with Crippen LogP contribution in [-0.2, 0) is 6.42 Å². The van der Waals surface area contributed by atoms with Crippen LogP contribution in [0.25, 0.3) is 0 Å². The van der Waals surface area contributed by atoms with Gasteiger partial charge >= 0.3 is 0 Å². The molecule has 4 rings (SSSR count). The lowest BCUT2D eigenvalue weighted by atomic mass is 10.0. The number of Topliss-reactive ketones (excluding diaryl/α,β-unsaturated/α-hetero) is 1. The number of fused-ring (bicyclic) bond motifs is 1. The second kappa shape index (κ2) is 7.60. The lowest BCUT2D eigenvalue weighted by Gasteiger charge is -2.30. The van der Waals surface area contributed by atoms with Gasteiger partial charge in [-0.25, -0.2) is 9.97 Å². The van der Waals surface area contributed by atoms with E-state index >= 15 is 0 Å². The van der Waals surface area contributed by atoms with Crippen LogP contribution in [-0.4, -0.2) is 28.2 Å². The van der Waals surface area contributed by atoms with Crippen LogP contribution < -0.4 is 10.2 Å². The number of ketones is 1. The van der Waals surface area contributed by atoms with Gasteiger partial charge in [0.05, 0.1) is 12.4 Å². The fourth-order valence-corrected chi connectivity index (χ4v) is 3.36. The molecule has 2 aromatic carbocycles. The molecule has 6 nitrogen and oxygen atoms in total. The molecule has 0 spiro atoms. The first-order valence-corrected chi connectivity index (χ1v) is 9.21. The molecule has 0 radical (unpaired) electrons. The third-order valence-corrected chi connectivity index (χ3v) is 4.78. The zero-order valence-corrected chi connectivity index (χ0v) is 15.6. The van der Waals surface area contributed by atoms with E-state index in [1.165, 1.54) is 18.7 Å². The van der Waals surface area contributed by atoms with Crippen LogP contribution in [0.1, 0.15) is 39.8 Å². The number of para-hydroxylation sites is 1. The number of hydrogen-bond donors (Lipinski definition) is 1. The molecule has 1 N–H and O–H groups in total. The molecule has 6 heteroatoms. The third-order valence-electron chi connectivity index (χ3n) is 4.78. The normalized spacial score (nSPS) is 13.0. The Morgan fingerprint density at radius 2 is 1.89 bits per heavy atom. The Morgan fingerprint density at radius 3 is 2.68 bits per heavy atom. The Labute approximate surface area is 163 Å². The number of amides is 1. The van der Waals surface area contributed by atoms with E-state index in [1.54, 1.807) is 30.5 Å². The van der Waals surface area contributed by atoms with E-state index in [4.69, 9.17) is 0 Å². The van der Waals surface area contributed by atoms with Gasteiger partial charge in [0, 0.05) is 23.5 Å². The number of carbonyl (C=O) groups is 2. The first-order chi connectivity index (χ1) is 13.6. The van der Waals surface area contributed by atoms with Crippen LogP contribution in [0.15, 0.2) is 60.9 Å². The van der Waals surface area contributed by atoms with Gasteiger partial charge in [0.25, 0.3) is 5.91 Å². The number of benzene rings is 2. The summed E-state index contributed by atoms with van der Waals surface area (Å²) in [7, 11) is 0. The van der Waals surface area contributed by atoms with Crippen LogP contribution in [0, 0.1) is 0 Å². The lowest BCUT2D eigenvalue weighted by molar-refractivity contribution is 0.100. The van der Waals surface area contributed by atoms with E-state index in [2.05, 4.69) is 32.3 Å². The van der Waals surface area contributed by atoms with Crippen molar-refractivity contribution in [1.82, 2.24) is 9.97 Å². The molecule has 3 aromatic rings. The van der Waals surface area contributed by atoms with E-state index in [0.29, 0.717) is 11.3 Å². The van der Waals surface area contributed by atoms with Gasteiger partial charge < -0.3 is 10.2 Å². The zero-order chi connectivity index (χ0) is 19.5. The first-order valence-electron chi connectivity index (χ1n) is 9.21. The number of hydrogen-bond acceptors (Lipinski definition) is 5. The van der Waals surface area contributed by atoms with Gasteiger partial charge in [0.15, 0.2) is 11.6 Å². The van der Waals surface area contributed by atoms with Gasteiger partial charge in [-0.3, -0.25) is 9.59 Å². The Kier molecular flexibility index (Phi) is 4.85. The third kappa shape index (κ3) is 3.62. The largest absolute Gasteiger partial charge is 0.325 e. The van der Waals surface area contributed by atoms with Gasteiger partial charge in [-0.2, -0.15) is 0 Å². The SMILES string of the molecule is CC(=O)c1cccc(NC(=O)c2cnc(N3CCCc4ccccc43)cn2)c1. The fourth-order valence-electron chi connectivity index (χ4n) is 3.36. The summed E-state index contributed by atoms with van der Waals surface area (Å²) in [4.78, 5) is 34.8. The van der Waals surface area contributed by atoms with Crippen molar-refractivity contribution in [2.75, 3.05) is 16.8 Å². The summed E-state index contributed by atoms with van der Waals surface area (Å²) in [5.41, 5.74) is 3.75. The molecule has 140 valence electrons. The summed E-state index contributed by atoms with van der Waals surface area (Å²) in [6.45, 7) is 2.36. The first kappa shape index (κ1) is 17.9. The second-order valence-corrected chi connectivity index (χ2v) is 6.73. The molecule has 1 aromatic heterocycles. The Hall–Kier alpha value is -3.54. The van der Waals surface area contributed by atoms with Crippen molar-refractivity contribution in [3.63, 3.8) is 0 Å². The highest BCUT2D eigenvalue weighted by molar-refractivity contribution is 6.03. The monoisotopic (exact) mass is 372 g/mol. The number of aromatic nitrogens is 2. The molecule has 2 heterocycles. The van der Waals surface area contributed by atoms with E-state index in [9.17, 15) is 9.59 Å². The minimum atomic E-state index is -0.362. The maximum Gasteiger partial charge on any atom is 0.275 e. The minimum absolute atomic E-state index is 0.0537. The summed E-state index contributed by atoms with van der Waals surface area (Å²) in [6.07, 6.45) is 5.22. The predicted molar refractivity (Wildman–Crippen MR) is 108 cm³/mol. The Bertz CT molecular complexity index is 1030. The van der Waals surface area contributed by atoms with Crippen LogP contribution in [0.5, 0.6) is 0 Å². The maximum atomic E-state index is 12.5. The summed E-state index contributed by atoms with van der Waals surface area (Å²) < 4.78 is 0.